The van der Waals surface area contributed by atoms with Crippen LogP contribution in [-0.2, 0) is 6.54 Å². The van der Waals surface area contributed by atoms with E-state index in [-0.39, 0.29) is 24.0 Å². The largest absolute Gasteiger partial charge is 0.356 e. The number of aryl methyl sites for hydroxylation is 1. The first-order valence-electron chi connectivity index (χ1n) is 8.39. The molecule has 1 saturated heterocycles. The first-order valence-corrected chi connectivity index (χ1v) is 9.27. The van der Waals surface area contributed by atoms with E-state index >= 15 is 0 Å². The maximum atomic E-state index is 4.30. The van der Waals surface area contributed by atoms with Gasteiger partial charge in [-0.1, -0.05) is 6.92 Å². The molecule has 132 valence electrons. The molecule has 0 radical (unpaired) electrons. The molecular weight excluding hydrogens is 419 g/mol. The molecule has 0 saturated carbocycles. The van der Waals surface area contributed by atoms with Gasteiger partial charge in [0.1, 0.15) is 0 Å². The van der Waals surface area contributed by atoms with Gasteiger partial charge in [0.25, 0.3) is 0 Å². The normalized spacial score (nSPS) is 16.9. The molecule has 0 amide bonds. The fourth-order valence-electron chi connectivity index (χ4n) is 2.76. The van der Waals surface area contributed by atoms with Gasteiger partial charge in [0.2, 0.25) is 0 Å². The van der Waals surface area contributed by atoms with Crippen molar-refractivity contribution in [3.63, 3.8) is 0 Å². The summed E-state index contributed by atoms with van der Waals surface area (Å²) in [4.78, 5) is 8.27. The van der Waals surface area contributed by atoms with Gasteiger partial charge >= 0.3 is 0 Å². The summed E-state index contributed by atoms with van der Waals surface area (Å²) in [6.07, 6.45) is 3.89. The second kappa shape index (κ2) is 11.3. The molecule has 0 aromatic carbocycles. The third-order valence-corrected chi connectivity index (χ3v) is 5.45. The highest BCUT2D eigenvalue weighted by atomic mass is 127. The highest BCUT2D eigenvalue weighted by Gasteiger charge is 2.14. The van der Waals surface area contributed by atoms with Crippen LogP contribution in [0.2, 0.25) is 0 Å². The number of aliphatic imine (C=N–C) groups is 1. The van der Waals surface area contributed by atoms with E-state index in [1.54, 1.807) is 11.3 Å². The van der Waals surface area contributed by atoms with Crippen molar-refractivity contribution in [2.75, 3.05) is 33.2 Å². The Morgan fingerprint density at radius 3 is 2.70 bits per heavy atom. The zero-order chi connectivity index (χ0) is 15.8. The van der Waals surface area contributed by atoms with Gasteiger partial charge in [-0.05, 0) is 68.7 Å². The Kier molecular flexibility index (Phi) is 10.1. The van der Waals surface area contributed by atoms with E-state index in [4.69, 9.17) is 0 Å². The summed E-state index contributed by atoms with van der Waals surface area (Å²) in [6.45, 7) is 10.1. The Labute approximate surface area is 162 Å². The van der Waals surface area contributed by atoms with Gasteiger partial charge in [0.05, 0.1) is 6.54 Å². The molecule has 1 fully saturated rings. The number of piperidine rings is 1. The molecule has 0 bridgehead atoms. The third-order valence-electron chi connectivity index (χ3n) is 4.43. The van der Waals surface area contributed by atoms with E-state index in [1.807, 2.05) is 7.05 Å². The van der Waals surface area contributed by atoms with E-state index in [0.717, 1.165) is 25.0 Å². The summed E-state index contributed by atoms with van der Waals surface area (Å²) in [5, 5.41) is 8.95. The van der Waals surface area contributed by atoms with Gasteiger partial charge in [-0.25, -0.2) is 0 Å². The predicted octanol–water partition coefficient (Wildman–Crippen LogP) is 3.46. The standard InChI is InChI=1S/C17H30N4S.HI/c1-14-5-10-21(11-6-14)9-4-8-19-17(18-3)20-13-16-15(2)7-12-22-16;/h7,12,14H,4-6,8-11,13H2,1-3H3,(H2,18,19,20);1H. The monoisotopic (exact) mass is 450 g/mol. The van der Waals surface area contributed by atoms with E-state index in [9.17, 15) is 0 Å². The van der Waals surface area contributed by atoms with Crippen LogP contribution in [0.4, 0.5) is 0 Å². The molecule has 4 nitrogen and oxygen atoms in total. The maximum Gasteiger partial charge on any atom is 0.191 e. The minimum absolute atomic E-state index is 0. The molecule has 1 aromatic heterocycles. The Hall–Kier alpha value is -0.340. The Morgan fingerprint density at radius 2 is 2.09 bits per heavy atom. The SMILES string of the molecule is CN=C(NCCCN1CCC(C)CC1)NCc1sccc1C.I. The molecule has 2 N–H and O–H groups in total. The van der Waals surface area contributed by atoms with Crippen LogP contribution in [0.25, 0.3) is 0 Å². The Morgan fingerprint density at radius 1 is 1.35 bits per heavy atom. The predicted molar refractivity (Wildman–Crippen MR) is 112 cm³/mol. The van der Waals surface area contributed by atoms with Gasteiger partial charge in [0, 0.05) is 18.5 Å². The highest BCUT2D eigenvalue weighted by Crippen LogP contribution is 2.16. The Balaban J connectivity index is 0.00000264. The lowest BCUT2D eigenvalue weighted by molar-refractivity contribution is 0.191. The number of thiophene rings is 1. The molecule has 0 unspecified atom stereocenters. The van der Waals surface area contributed by atoms with Gasteiger partial charge in [0.15, 0.2) is 5.96 Å². The number of hydrogen-bond donors (Lipinski definition) is 2. The number of halogens is 1. The molecule has 6 heteroatoms. The average Bonchev–Trinajstić information content (AvgIpc) is 2.93. The molecule has 0 atom stereocenters. The van der Waals surface area contributed by atoms with Crippen molar-refractivity contribution in [1.29, 1.82) is 0 Å². The number of rotatable bonds is 6. The van der Waals surface area contributed by atoms with E-state index < -0.39 is 0 Å². The summed E-state index contributed by atoms with van der Waals surface area (Å²) in [6, 6.07) is 2.16. The van der Waals surface area contributed by atoms with Crippen LogP contribution in [-0.4, -0.2) is 44.1 Å². The van der Waals surface area contributed by atoms with Gasteiger partial charge in [-0.2, -0.15) is 0 Å². The van der Waals surface area contributed by atoms with E-state index in [0.29, 0.717) is 0 Å². The minimum atomic E-state index is 0. The maximum absolute atomic E-state index is 4.30. The van der Waals surface area contributed by atoms with Crippen LogP contribution in [0.5, 0.6) is 0 Å². The fraction of sp³-hybridized carbons (Fsp3) is 0.706. The second-order valence-corrected chi connectivity index (χ2v) is 7.26. The zero-order valence-corrected chi connectivity index (χ0v) is 17.7. The van der Waals surface area contributed by atoms with Gasteiger partial charge in [-0.3, -0.25) is 4.99 Å². The van der Waals surface area contributed by atoms with Crippen molar-refractivity contribution in [1.82, 2.24) is 15.5 Å². The zero-order valence-electron chi connectivity index (χ0n) is 14.6. The van der Waals surface area contributed by atoms with Crippen molar-refractivity contribution >= 4 is 41.3 Å². The van der Waals surface area contributed by atoms with Crippen LogP contribution in [0.3, 0.4) is 0 Å². The number of likely N-dealkylation sites (tertiary alicyclic amines) is 1. The molecule has 2 heterocycles. The lowest BCUT2D eigenvalue weighted by Gasteiger charge is -2.30. The molecule has 1 aliphatic heterocycles. The first-order chi connectivity index (χ1) is 10.7. The Bertz CT molecular complexity index is 467. The van der Waals surface area contributed by atoms with Crippen LogP contribution in [0, 0.1) is 12.8 Å². The molecule has 23 heavy (non-hydrogen) atoms. The van der Waals surface area contributed by atoms with E-state index in [2.05, 4.69) is 45.8 Å². The second-order valence-electron chi connectivity index (χ2n) is 6.26. The summed E-state index contributed by atoms with van der Waals surface area (Å²) in [5.74, 6) is 1.82. The lowest BCUT2D eigenvalue weighted by atomic mass is 9.99. The van der Waals surface area contributed by atoms with Crippen molar-refractivity contribution in [2.45, 2.75) is 39.7 Å². The summed E-state index contributed by atoms with van der Waals surface area (Å²) < 4.78 is 0. The topological polar surface area (TPSA) is 39.7 Å². The third kappa shape index (κ3) is 7.39. The average molecular weight is 450 g/mol. The lowest BCUT2D eigenvalue weighted by Crippen LogP contribution is -2.39. The quantitative estimate of drug-likeness (QED) is 0.302. The van der Waals surface area contributed by atoms with Crippen LogP contribution in [0.1, 0.15) is 36.6 Å². The number of hydrogen-bond acceptors (Lipinski definition) is 3. The molecule has 2 rings (SSSR count). The molecule has 1 aliphatic rings. The van der Waals surface area contributed by atoms with Crippen LogP contribution >= 0.6 is 35.3 Å². The van der Waals surface area contributed by atoms with E-state index in [1.165, 1.54) is 49.3 Å². The molecule has 0 aliphatic carbocycles. The van der Waals surface area contributed by atoms with Crippen molar-refractivity contribution < 1.29 is 0 Å². The molecule has 0 spiro atoms. The minimum Gasteiger partial charge on any atom is -0.356 e. The van der Waals surface area contributed by atoms with Crippen molar-refractivity contribution in [3.8, 4) is 0 Å². The first kappa shape index (κ1) is 20.7. The highest BCUT2D eigenvalue weighted by molar-refractivity contribution is 14.0. The number of guanidine groups is 1. The smallest absolute Gasteiger partial charge is 0.191 e. The van der Waals surface area contributed by atoms with Crippen LogP contribution in [0.15, 0.2) is 16.4 Å². The number of nitrogens with zero attached hydrogens (tertiary/aromatic N) is 2. The molecular formula is C17H31IN4S. The summed E-state index contributed by atoms with van der Waals surface area (Å²) >= 11 is 1.80. The van der Waals surface area contributed by atoms with Gasteiger partial charge in [-0.15, -0.1) is 35.3 Å². The fourth-order valence-corrected chi connectivity index (χ4v) is 3.61. The van der Waals surface area contributed by atoms with Gasteiger partial charge < -0.3 is 15.5 Å². The van der Waals surface area contributed by atoms with Crippen molar-refractivity contribution in [3.05, 3.63) is 21.9 Å². The molecule has 1 aromatic rings. The van der Waals surface area contributed by atoms with Crippen LogP contribution < -0.4 is 10.6 Å². The number of nitrogens with one attached hydrogen (secondary N) is 2. The summed E-state index contributed by atoms with van der Waals surface area (Å²) in [5.41, 5.74) is 1.35. The summed E-state index contributed by atoms with van der Waals surface area (Å²) in [7, 11) is 1.84. The van der Waals surface area contributed by atoms with Crippen molar-refractivity contribution in [2.24, 2.45) is 10.9 Å².